The van der Waals surface area contributed by atoms with Crippen LogP contribution in [-0.4, -0.2) is 25.6 Å². The van der Waals surface area contributed by atoms with Crippen LogP contribution < -0.4 is 15.8 Å². The van der Waals surface area contributed by atoms with E-state index in [9.17, 15) is 4.79 Å². The Labute approximate surface area is 187 Å². The molecule has 5 aromatic rings. The first-order valence-electron chi connectivity index (χ1n) is 9.74. The van der Waals surface area contributed by atoms with Crippen LogP contribution in [0.25, 0.3) is 32.0 Å². The van der Waals surface area contributed by atoms with E-state index in [-0.39, 0.29) is 0 Å². The smallest absolute Gasteiger partial charge is 0.410 e. The Balaban J connectivity index is 1.46. The number of anilines is 2. The number of carbonyl (C=O) groups is 1. The Morgan fingerprint density at radius 2 is 1.91 bits per heavy atom. The molecule has 0 spiro atoms. The van der Waals surface area contributed by atoms with Crippen LogP contribution in [0.5, 0.6) is 5.75 Å². The minimum Gasteiger partial charge on any atom is -0.410 e. The molecule has 0 atom stereocenters. The molecular formula is C23H18N6O2S. The second-order valence-corrected chi connectivity index (χ2v) is 8.08. The van der Waals surface area contributed by atoms with Crippen LogP contribution in [0.2, 0.25) is 0 Å². The van der Waals surface area contributed by atoms with Gasteiger partial charge in [-0.25, -0.2) is 19.7 Å². The third-order valence-electron chi connectivity index (χ3n) is 4.87. The highest BCUT2D eigenvalue weighted by Gasteiger charge is 2.18. The summed E-state index contributed by atoms with van der Waals surface area (Å²) < 4.78 is 7.42. The fraction of sp³-hybridized carbons (Fsp3) is 0.0435. The van der Waals surface area contributed by atoms with Gasteiger partial charge < -0.3 is 15.0 Å². The number of fused-ring (bicyclic) bond motifs is 1. The van der Waals surface area contributed by atoms with Crippen molar-refractivity contribution in [2.45, 2.75) is 0 Å². The topological polar surface area (TPSA) is 108 Å². The van der Waals surface area contributed by atoms with E-state index in [1.54, 1.807) is 30.6 Å². The highest BCUT2D eigenvalue weighted by atomic mass is 32.1. The number of aromatic nitrogens is 4. The molecule has 3 aromatic heterocycles. The summed E-state index contributed by atoms with van der Waals surface area (Å²) in [5, 5.41) is 3.52. The average Bonchev–Trinajstić information content (AvgIpc) is 3.38. The van der Waals surface area contributed by atoms with Crippen LogP contribution in [0.1, 0.15) is 0 Å². The molecule has 0 bridgehead atoms. The molecule has 0 aliphatic heterocycles. The first kappa shape index (κ1) is 19.7. The summed E-state index contributed by atoms with van der Waals surface area (Å²) in [5.41, 5.74) is 9.17. The van der Waals surface area contributed by atoms with Crippen LogP contribution in [0.4, 0.5) is 16.3 Å². The number of nitrogen functional groups attached to an aromatic ring is 1. The zero-order valence-corrected chi connectivity index (χ0v) is 17.8. The number of imidazole rings is 1. The summed E-state index contributed by atoms with van der Waals surface area (Å²) in [6, 6.07) is 18.4. The van der Waals surface area contributed by atoms with Crippen LogP contribution in [-0.2, 0) is 7.05 Å². The monoisotopic (exact) mass is 442 g/mol. The van der Waals surface area contributed by atoms with Crippen molar-refractivity contribution >= 4 is 39.2 Å². The van der Waals surface area contributed by atoms with Crippen LogP contribution in [0, 0.1) is 0 Å². The number of nitrogens with two attached hydrogens (primary N) is 1. The lowest BCUT2D eigenvalue weighted by atomic mass is 10.1. The third-order valence-corrected chi connectivity index (χ3v) is 5.92. The van der Waals surface area contributed by atoms with E-state index < -0.39 is 6.09 Å². The van der Waals surface area contributed by atoms with Gasteiger partial charge in [0.15, 0.2) is 0 Å². The molecule has 32 heavy (non-hydrogen) atoms. The van der Waals surface area contributed by atoms with Gasteiger partial charge in [0, 0.05) is 18.3 Å². The second-order valence-electron chi connectivity index (χ2n) is 7.05. The van der Waals surface area contributed by atoms with E-state index >= 15 is 0 Å². The van der Waals surface area contributed by atoms with Gasteiger partial charge in [-0.1, -0.05) is 30.3 Å². The van der Waals surface area contributed by atoms with Crippen LogP contribution in [0.15, 0.2) is 73.3 Å². The molecule has 0 saturated heterocycles. The molecule has 0 unspecified atom stereocenters. The molecular weight excluding hydrogens is 424 g/mol. The summed E-state index contributed by atoms with van der Waals surface area (Å²) in [7, 11) is 1.93. The number of hydrogen-bond acceptors (Lipinski definition) is 7. The van der Waals surface area contributed by atoms with Crippen molar-refractivity contribution in [1.82, 2.24) is 19.5 Å². The largest absolute Gasteiger partial charge is 0.417 e. The lowest BCUT2D eigenvalue weighted by Gasteiger charge is -2.08. The average molecular weight is 443 g/mol. The number of para-hydroxylation sites is 1. The summed E-state index contributed by atoms with van der Waals surface area (Å²) in [6.45, 7) is 0. The Morgan fingerprint density at radius 1 is 1.06 bits per heavy atom. The maximum Gasteiger partial charge on any atom is 0.417 e. The number of benzene rings is 2. The number of amides is 1. The van der Waals surface area contributed by atoms with Gasteiger partial charge in [0.2, 0.25) is 0 Å². The Hall–Kier alpha value is -4.24. The normalized spacial score (nSPS) is 10.9. The number of thiophene rings is 1. The predicted molar refractivity (Wildman–Crippen MR) is 126 cm³/mol. The molecule has 5 rings (SSSR count). The lowest BCUT2D eigenvalue weighted by Crippen LogP contribution is -2.16. The SMILES string of the molecule is Cn1cnc(-c2cccc(OC(=O)Nc3ccccc3)c2)c1-c1cc2c(N)ncnc2s1. The number of rotatable bonds is 4. The number of ether oxygens (including phenoxy) is 1. The molecule has 0 fully saturated rings. The van der Waals surface area contributed by atoms with Crippen molar-refractivity contribution in [3.63, 3.8) is 0 Å². The minimum atomic E-state index is -0.562. The van der Waals surface area contributed by atoms with Crippen molar-refractivity contribution in [2.24, 2.45) is 7.05 Å². The maximum absolute atomic E-state index is 12.3. The van der Waals surface area contributed by atoms with Gasteiger partial charge in [-0.3, -0.25) is 5.32 Å². The highest BCUT2D eigenvalue weighted by Crippen LogP contribution is 2.39. The molecule has 0 aliphatic carbocycles. The fourth-order valence-electron chi connectivity index (χ4n) is 3.40. The molecule has 0 saturated carbocycles. The van der Waals surface area contributed by atoms with Crippen molar-refractivity contribution in [3.8, 4) is 27.6 Å². The molecule has 9 heteroatoms. The highest BCUT2D eigenvalue weighted by molar-refractivity contribution is 7.21. The first-order chi connectivity index (χ1) is 15.6. The lowest BCUT2D eigenvalue weighted by molar-refractivity contribution is 0.215. The fourth-order valence-corrected chi connectivity index (χ4v) is 4.50. The summed E-state index contributed by atoms with van der Waals surface area (Å²) >= 11 is 1.52. The van der Waals surface area contributed by atoms with E-state index in [2.05, 4.69) is 20.3 Å². The first-order valence-corrected chi connectivity index (χ1v) is 10.6. The van der Waals surface area contributed by atoms with Gasteiger partial charge in [-0.15, -0.1) is 11.3 Å². The van der Waals surface area contributed by atoms with E-state index in [0.29, 0.717) is 17.3 Å². The quantitative estimate of drug-likeness (QED) is 0.408. The van der Waals surface area contributed by atoms with E-state index in [1.807, 2.05) is 48.0 Å². The van der Waals surface area contributed by atoms with Crippen molar-refractivity contribution in [1.29, 1.82) is 0 Å². The van der Waals surface area contributed by atoms with Gasteiger partial charge >= 0.3 is 6.09 Å². The van der Waals surface area contributed by atoms with Gasteiger partial charge in [0.1, 0.15) is 22.7 Å². The summed E-state index contributed by atoms with van der Waals surface area (Å²) in [6.07, 6.45) is 2.65. The Kier molecular flexibility index (Phi) is 5.00. The van der Waals surface area contributed by atoms with Gasteiger partial charge in [0.25, 0.3) is 0 Å². The third kappa shape index (κ3) is 3.77. The Morgan fingerprint density at radius 3 is 2.72 bits per heavy atom. The molecule has 8 nitrogen and oxygen atoms in total. The van der Waals surface area contributed by atoms with Crippen molar-refractivity contribution in [3.05, 3.63) is 73.3 Å². The van der Waals surface area contributed by atoms with Crippen molar-refractivity contribution in [2.75, 3.05) is 11.1 Å². The molecule has 1 amide bonds. The molecule has 0 radical (unpaired) electrons. The maximum atomic E-state index is 12.3. The summed E-state index contributed by atoms with van der Waals surface area (Å²) in [4.78, 5) is 27.0. The number of aryl methyl sites for hydroxylation is 1. The van der Waals surface area contributed by atoms with Crippen LogP contribution in [0.3, 0.4) is 0 Å². The standard InChI is InChI=1S/C23H18N6O2S/c1-29-13-27-19(20(29)18-11-17-21(24)25-12-26-22(17)32-18)14-6-5-9-16(10-14)31-23(30)28-15-7-3-2-4-8-15/h2-13H,1H3,(H,28,30)(H2,24,25,26). The zero-order chi connectivity index (χ0) is 22.1. The van der Waals surface area contributed by atoms with Gasteiger partial charge in [0.05, 0.1) is 28.0 Å². The van der Waals surface area contributed by atoms with E-state index in [4.69, 9.17) is 10.5 Å². The number of carbonyl (C=O) groups excluding carboxylic acids is 1. The van der Waals surface area contributed by atoms with Crippen molar-refractivity contribution < 1.29 is 9.53 Å². The molecule has 2 aromatic carbocycles. The number of hydrogen-bond donors (Lipinski definition) is 2. The summed E-state index contributed by atoms with van der Waals surface area (Å²) in [5.74, 6) is 0.861. The zero-order valence-electron chi connectivity index (χ0n) is 17.0. The predicted octanol–water partition coefficient (Wildman–Crippen LogP) is 4.95. The number of nitrogens with zero attached hydrogens (tertiary/aromatic N) is 4. The molecule has 3 heterocycles. The van der Waals surface area contributed by atoms with E-state index in [0.717, 1.165) is 32.0 Å². The molecule has 0 aliphatic rings. The number of nitrogens with one attached hydrogen (secondary N) is 1. The van der Waals surface area contributed by atoms with Crippen LogP contribution >= 0.6 is 11.3 Å². The van der Waals surface area contributed by atoms with Gasteiger partial charge in [-0.2, -0.15) is 0 Å². The Bertz CT molecular complexity index is 1430. The molecule has 158 valence electrons. The molecule has 3 N–H and O–H groups in total. The van der Waals surface area contributed by atoms with Gasteiger partial charge in [-0.05, 0) is 30.3 Å². The minimum absolute atomic E-state index is 0.416. The van der Waals surface area contributed by atoms with E-state index in [1.165, 1.54) is 17.7 Å². The second kappa shape index (κ2) is 8.12.